The summed E-state index contributed by atoms with van der Waals surface area (Å²) in [5.41, 5.74) is 0.336. The third-order valence-corrected chi connectivity index (χ3v) is 4.59. The number of hydrogen-bond acceptors (Lipinski definition) is 3. The van der Waals surface area contributed by atoms with Crippen molar-refractivity contribution in [1.82, 2.24) is 10.2 Å². The van der Waals surface area contributed by atoms with Crippen LogP contribution in [0.4, 0.5) is 0 Å². The van der Waals surface area contributed by atoms with Gasteiger partial charge in [-0.2, -0.15) is 0 Å². The fraction of sp³-hybridized carbons (Fsp3) is 1.00. The molecule has 1 N–H and O–H groups in total. The number of nitrogens with zero attached hydrogens (tertiary/aromatic N) is 1. The van der Waals surface area contributed by atoms with Crippen LogP contribution in [0.15, 0.2) is 0 Å². The minimum absolute atomic E-state index is 0.336. The Balaban J connectivity index is 1.97. The Labute approximate surface area is 119 Å². The molecule has 19 heavy (non-hydrogen) atoms. The highest BCUT2D eigenvalue weighted by atomic mass is 16.5. The van der Waals surface area contributed by atoms with Gasteiger partial charge < -0.3 is 10.1 Å². The highest BCUT2D eigenvalue weighted by Gasteiger charge is 2.36. The summed E-state index contributed by atoms with van der Waals surface area (Å²) < 4.78 is 5.85. The molecule has 0 amide bonds. The summed E-state index contributed by atoms with van der Waals surface area (Å²) in [6.45, 7) is 13.8. The average molecular weight is 268 g/mol. The van der Waals surface area contributed by atoms with Crippen LogP contribution >= 0.6 is 0 Å². The van der Waals surface area contributed by atoms with Crippen molar-refractivity contribution in [3.63, 3.8) is 0 Å². The molecular formula is C16H32N2O. The van der Waals surface area contributed by atoms with Gasteiger partial charge in [0.05, 0.1) is 6.10 Å². The van der Waals surface area contributed by atoms with Crippen LogP contribution in [0, 0.1) is 5.41 Å². The molecule has 3 nitrogen and oxygen atoms in total. The van der Waals surface area contributed by atoms with E-state index in [1.54, 1.807) is 0 Å². The summed E-state index contributed by atoms with van der Waals surface area (Å²) in [7, 11) is 0. The van der Waals surface area contributed by atoms with Crippen molar-refractivity contribution >= 4 is 0 Å². The second-order valence-corrected chi connectivity index (χ2v) is 7.36. The van der Waals surface area contributed by atoms with E-state index < -0.39 is 0 Å². The number of hydrogen-bond donors (Lipinski definition) is 1. The lowest BCUT2D eigenvalue weighted by molar-refractivity contribution is 0.00530. The first kappa shape index (κ1) is 15.3. The number of nitrogens with one attached hydrogen (secondary N) is 1. The molecule has 0 aromatic rings. The Hall–Kier alpha value is -0.120. The second-order valence-electron chi connectivity index (χ2n) is 7.36. The third-order valence-electron chi connectivity index (χ3n) is 4.59. The lowest BCUT2D eigenvalue weighted by Gasteiger charge is -2.47. The van der Waals surface area contributed by atoms with Crippen LogP contribution in [0.1, 0.15) is 53.4 Å². The highest BCUT2D eigenvalue weighted by Crippen LogP contribution is 2.28. The van der Waals surface area contributed by atoms with E-state index >= 15 is 0 Å². The molecule has 2 fully saturated rings. The van der Waals surface area contributed by atoms with Crippen molar-refractivity contribution in [2.45, 2.75) is 71.6 Å². The smallest absolute Gasteiger partial charge is 0.0702 e. The molecule has 2 aliphatic rings. The fourth-order valence-electron chi connectivity index (χ4n) is 3.53. The van der Waals surface area contributed by atoms with Crippen LogP contribution in [0.3, 0.4) is 0 Å². The Bertz CT molecular complexity index is 268. The first-order chi connectivity index (χ1) is 9.00. The van der Waals surface area contributed by atoms with Gasteiger partial charge in [0, 0.05) is 38.3 Å². The lowest BCUT2D eigenvalue weighted by Crippen LogP contribution is -2.61. The van der Waals surface area contributed by atoms with Crippen molar-refractivity contribution < 1.29 is 4.74 Å². The fourth-order valence-corrected chi connectivity index (χ4v) is 3.53. The molecule has 0 aliphatic carbocycles. The molecule has 2 saturated heterocycles. The number of ether oxygens (including phenoxy) is 1. The van der Waals surface area contributed by atoms with Crippen LogP contribution in [-0.2, 0) is 4.74 Å². The Morgan fingerprint density at radius 1 is 1.32 bits per heavy atom. The van der Waals surface area contributed by atoms with Gasteiger partial charge in [-0.15, -0.1) is 0 Å². The average Bonchev–Trinajstić information content (AvgIpc) is 2.81. The molecule has 0 saturated carbocycles. The molecule has 0 aromatic carbocycles. The molecule has 2 rings (SSSR count). The van der Waals surface area contributed by atoms with Crippen LogP contribution in [0.5, 0.6) is 0 Å². The van der Waals surface area contributed by atoms with Crippen molar-refractivity contribution in [2.24, 2.45) is 5.41 Å². The van der Waals surface area contributed by atoms with E-state index in [1.165, 1.54) is 32.2 Å². The van der Waals surface area contributed by atoms with Gasteiger partial charge in [0.15, 0.2) is 0 Å². The van der Waals surface area contributed by atoms with Crippen molar-refractivity contribution in [3.05, 3.63) is 0 Å². The molecule has 0 radical (unpaired) electrons. The van der Waals surface area contributed by atoms with Gasteiger partial charge in [-0.1, -0.05) is 34.1 Å². The van der Waals surface area contributed by atoms with E-state index in [1.807, 2.05) is 0 Å². The maximum absolute atomic E-state index is 5.85. The molecule has 0 bridgehead atoms. The summed E-state index contributed by atoms with van der Waals surface area (Å²) in [4.78, 5) is 2.70. The first-order valence-corrected chi connectivity index (χ1v) is 8.09. The normalized spacial score (nSPS) is 33.8. The Morgan fingerprint density at radius 3 is 2.68 bits per heavy atom. The molecule has 3 atom stereocenters. The number of rotatable bonds is 4. The van der Waals surface area contributed by atoms with E-state index in [0.717, 1.165) is 19.7 Å². The zero-order valence-electron chi connectivity index (χ0n) is 13.2. The standard InChI is InChI=1S/C16H32N2O/c1-5-7-13-11-18(12-14-8-6-9-19-14)15(10-17-13)16(2,3)4/h13-15,17H,5-12H2,1-4H3. The molecule has 3 unspecified atom stereocenters. The van der Waals surface area contributed by atoms with E-state index in [2.05, 4.69) is 37.9 Å². The highest BCUT2D eigenvalue weighted by molar-refractivity contribution is 4.93. The van der Waals surface area contributed by atoms with E-state index in [-0.39, 0.29) is 0 Å². The molecule has 112 valence electrons. The lowest BCUT2D eigenvalue weighted by atomic mass is 9.83. The van der Waals surface area contributed by atoms with Crippen LogP contribution in [-0.4, -0.2) is 49.3 Å². The van der Waals surface area contributed by atoms with Gasteiger partial charge in [-0.05, 0) is 24.7 Å². The largest absolute Gasteiger partial charge is 0.377 e. The van der Waals surface area contributed by atoms with Gasteiger partial charge >= 0.3 is 0 Å². The predicted octanol–water partition coefficient (Wildman–Crippen LogP) is 2.65. The van der Waals surface area contributed by atoms with Crippen LogP contribution < -0.4 is 5.32 Å². The molecule has 3 heteroatoms. The quantitative estimate of drug-likeness (QED) is 0.848. The summed E-state index contributed by atoms with van der Waals surface area (Å²) in [5, 5.41) is 3.75. The van der Waals surface area contributed by atoms with Crippen LogP contribution in [0.25, 0.3) is 0 Å². The van der Waals surface area contributed by atoms with Gasteiger partial charge in [-0.3, -0.25) is 4.90 Å². The molecule has 2 heterocycles. The van der Waals surface area contributed by atoms with Crippen molar-refractivity contribution in [1.29, 1.82) is 0 Å². The predicted molar refractivity (Wildman–Crippen MR) is 80.5 cm³/mol. The monoisotopic (exact) mass is 268 g/mol. The molecule has 0 spiro atoms. The summed E-state index contributed by atoms with van der Waals surface area (Å²) in [6, 6.07) is 1.30. The van der Waals surface area contributed by atoms with E-state index in [4.69, 9.17) is 4.74 Å². The summed E-state index contributed by atoms with van der Waals surface area (Å²) >= 11 is 0. The number of piperazine rings is 1. The van der Waals surface area contributed by atoms with Crippen molar-refractivity contribution in [2.75, 3.05) is 26.2 Å². The zero-order chi connectivity index (χ0) is 13.9. The third kappa shape index (κ3) is 4.17. The maximum atomic E-state index is 5.85. The van der Waals surface area contributed by atoms with E-state index in [9.17, 15) is 0 Å². The van der Waals surface area contributed by atoms with Crippen molar-refractivity contribution in [3.8, 4) is 0 Å². The summed E-state index contributed by atoms with van der Waals surface area (Å²) in [6.07, 6.45) is 5.53. The second kappa shape index (κ2) is 6.55. The minimum Gasteiger partial charge on any atom is -0.377 e. The molecule has 2 aliphatic heterocycles. The zero-order valence-corrected chi connectivity index (χ0v) is 13.2. The summed E-state index contributed by atoms with van der Waals surface area (Å²) in [5.74, 6) is 0. The van der Waals surface area contributed by atoms with Gasteiger partial charge in [-0.25, -0.2) is 0 Å². The van der Waals surface area contributed by atoms with Gasteiger partial charge in [0.2, 0.25) is 0 Å². The van der Waals surface area contributed by atoms with Gasteiger partial charge in [0.1, 0.15) is 0 Å². The molecular weight excluding hydrogens is 236 g/mol. The Kier molecular flexibility index (Phi) is 5.27. The van der Waals surface area contributed by atoms with E-state index in [0.29, 0.717) is 23.6 Å². The molecule has 0 aromatic heterocycles. The minimum atomic E-state index is 0.336. The first-order valence-electron chi connectivity index (χ1n) is 8.09. The topological polar surface area (TPSA) is 24.5 Å². The SMILES string of the molecule is CCCC1CN(CC2CCCO2)C(C(C)(C)C)CN1. The Morgan fingerprint density at radius 2 is 2.11 bits per heavy atom. The van der Waals surface area contributed by atoms with Gasteiger partial charge in [0.25, 0.3) is 0 Å². The van der Waals surface area contributed by atoms with Crippen LogP contribution in [0.2, 0.25) is 0 Å². The maximum Gasteiger partial charge on any atom is 0.0702 e.